The second-order valence-corrected chi connectivity index (χ2v) is 7.97. The largest absolute Gasteiger partial charge is 0.383 e. The third-order valence-electron chi connectivity index (χ3n) is 4.42. The van der Waals surface area contributed by atoms with Gasteiger partial charge in [-0.2, -0.15) is 0 Å². The highest BCUT2D eigenvalue weighted by molar-refractivity contribution is 7.99. The molecule has 2 aromatic carbocycles. The Kier molecular flexibility index (Phi) is 7.84. The Morgan fingerprint density at radius 2 is 1.90 bits per heavy atom. The summed E-state index contributed by atoms with van der Waals surface area (Å²) in [6.07, 6.45) is 0. The van der Waals surface area contributed by atoms with Crippen LogP contribution in [0.25, 0.3) is 11.4 Å². The van der Waals surface area contributed by atoms with Crippen LogP contribution in [0.1, 0.15) is 18.5 Å². The summed E-state index contributed by atoms with van der Waals surface area (Å²) >= 11 is 7.28. The van der Waals surface area contributed by atoms with Crippen LogP contribution in [0, 0.1) is 5.82 Å². The smallest absolute Gasteiger partial charge is 0.230 e. The van der Waals surface area contributed by atoms with Crippen LogP contribution in [0.15, 0.2) is 53.7 Å². The van der Waals surface area contributed by atoms with Crippen molar-refractivity contribution < 1.29 is 13.9 Å². The van der Waals surface area contributed by atoms with Crippen molar-refractivity contribution in [3.05, 3.63) is 64.9 Å². The summed E-state index contributed by atoms with van der Waals surface area (Å²) < 4.78 is 20.2. The lowest BCUT2D eigenvalue weighted by atomic mass is 10.1. The summed E-state index contributed by atoms with van der Waals surface area (Å²) in [5, 5.41) is 12.7. The van der Waals surface area contributed by atoms with Gasteiger partial charge >= 0.3 is 0 Å². The number of halogens is 2. The zero-order valence-corrected chi connectivity index (χ0v) is 18.2. The number of hydrogen-bond acceptors (Lipinski definition) is 5. The molecule has 0 bridgehead atoms. The number of ether oxygens (including phenoxy) is 1. The summed E-state index contributed by atoms with van der Waals surface area (Å²) in [5.74, 6) is 0.411. The van der Waals surface area contributed by atoms with Gasteiger partial charge in [0.15, 0.2) is 11.0 Å². The van der Waals surface area contributed by atoms with Gasteiger partial charge in [0.25, 0.3) is 0 Å². The lowest BCUT2D eigenvalue weighted by molar-refractivity contribution is -0.119. The van der Waals surface area contributed by atoms with Gasteiger partial charge in [0.1, 0.15) is 5.82 Å². The van der Waals surface area contributed by atoms with Crippen molar-refractivity contribution in [2.24, 2.45) is 0 Å². The first-order valence-electron chi connectivity index (χ1n) is 9.33. The van der Waals surface area contributed by atoms with Crippen molar-refractivity contribution in [1.82, 2.24) is 20.1 Å². The monoisotopic (exact) mass is 448 g/mol. The molecule has 0 aliphatic rings. The van der Waals surface area contributed by atoms with E-state index in [0.29, 0.717) is 29.2 Å². The van der Waals surface area contributed by atoms with E-state index < -0.39 is 0 Å². The first-order chi connectivity index (χ1) is 14.5. The SMILES string of the molecule is COCCn1c(SCC(=O)N[C@H](C)c2ccc(F)cc2)nnc1-c1ccc(Cl)cc1. The molecular weight excluding hydrogens is 427 g/mol. The Hall–Kier alpha value is -2.42. The van der Waals surface area contributed by atoms with Crippen molar-refractivity contribution in [2.75, 3.05) is 19.5 Å². The maximum Gasteiger partial charge on any atom is 0.230 e. The molecule has 1 N–H and O–H groups in total. The molecule has 30 heavy (non-hydrogen) atoms. The lowest BCUT2D eigenvalue weighted by Gasteiger charge is -2.14. The Labute approximate surface area is 183 Å². The average Bonchev–Trinajstić information content (AvgIpc) is 3.14. The molecule has 0 saturated heterocycles. The van der Waals surface area contributed by atoms with Gasteiger partial charge in [0.05, 0.1) is 24.9 Å². The predicted molar refractivity (Wildman–Crippen MR) is 116 cm³/mol. The summed E-state index contributed by atoms with van der Waals surface area (Å²) in [5.41, 5.74) is 1.72. The van der Waals surface area contributed by atoms with Crippen molar-refractivity contribution >= 4 is 29.3 Å². The third-order valence-corrected chi connectivity index (χ3v) is 5.64. The number of carbonyl (C=O) groups excluding carboxylic acids is 1. The second kappa shape index (κ2) is 10.6. The highest BCUT2D eigenvalue weighted by atomic mass is 35.5. The molecule has 1 atom stereocenters. The summed E-state index contributed by atoms with van der Waals surface area (Å²) in [6.45, 7) is 2.90. The molecule has 1 amide bonds. The Morgan fingerprint density at radius 3 is 2.57 bits per heavy atom. The minimum absolute atomic E-state index is 0.147. The van der Waals surface area contributed by atoms with Gasteiger partial charge in [-0.25, -0.2) is 4.39 Å². The first-order valence-corrected chi connectivity index (χ1v) is 10.7. The zero-order chi connectivity index (χ0) is 21.5. The standard InChI is InChI=1S/C21H22ClFN4O2S/c1-14(15-5-9-18(23)10-6-15)24-19(28)13-30-21-26-25-20(27(21)11-12-29-2)16-3-7-17(22)8-4-16/h3-10,14H,11-13H2,1-2H3,(H,24,28)/t14-/m1/s1. The van der Waals surface area contributed by atoms with E-state index in [-0.39, 0.29) is 23.5 Å². The van der Waals surface area contributed by atoms with Crippen LogP contribution in [0.4, 0.5) is 4.39 Å². The van der Waals surface area contributed by atoms with E-state index in [4.69, 9.17) is 16.3 Å². The fourth-order valence-corrected chi connectivity index (χ4v) is 3.74. The topological polar surface area (TPSA) is 69.0 Å². The predicted octanol–water partition coefficient (Wildman–Crippen LogP) is 4.35. The van der Waals surface area contributed by atoms with E-state index in [2.05, 4.69) is 15.5 Å². The molecule has 1 heterocycles. The van der Waals surface area contributed by atoms with Gasteiger partial charge < -0.3 is 10.1 Å². The van der Waals surface area contributed by atoms with Gasteiger partial charge in [0.2, 0.25) is 5.91 Å². The molecule has 6 nitrogen and oxygen atoms in total. The van der Waals surface area contributed by atoms with Crippen molar-refractivity contribution in [3.63, 3.8) is 0 Å². The molecule has 0 spiro atoms. The number of benzene rings is 2. The van der Waals surface area contributed by atoms with Crippen LogP contribution >= 0.6 is 23.4 Å². The number of methoxy groups -OCH3 is 1. The Balaban J connectivity index is 1.67. The van der Waals surface area contributed by atoms with E-state index in [1.54, 1.807) is 31.4 Å². The van der Waals surface area contributed by atoms with E-state index in [9.17, 15) is 9.18 Å². The number of aromatic nitrogens is 3. The number of hydrogen-bond donors (Lipinski definition) is 1. The Morgan fingerprint density at radius 1 is 1.20 bits per heavy atom. The van der Waals surface area contributed by atoms with E-state index >= 15 is 0 Å². The zero-order valence-electron chi connectivity index (χ0n) is 16.6. The van der Waals surface area contributed by atoms with Crippen LogP contribution in [-0.2, 0) is 16.1 Å². The quantitative estimate of drug-likeness (QED) is 0.493. The Bertz CT molecular complexity index is 980. The number of rotatable bonds is 9. The van der Waals surface area contributed by atoms with E-state index in [1.807, 2.05) is 23.6 Å². The molecule has 158 valence electrons. The fraction of sp³-hybridized carbons (Fsp3) is 0.286. The number of carbonyl (C=O) groups is 1. The molecule has 0 aliphatic heterocycles. The molecule has 3 aromatic rings. The van der Waals surface area contributed by atoms with Crippen molar-refractivity contribution in [1.29, 1.82) is 0 Å². The summed E-state index contributed by atoms with van der Waals surface area (Å²) in [6, 6.07) is 13.2. The minimum atomic E-state index is -0.306. The molecule has 1 aromatic heterocycles. The molecule has 0 fully saturated rings. The molecule has 0 aliphatic carbocycles. The van der Waals surface area contributed by atoms with Gasteiger partial charge in [0, 0.05) is 17.7 Å². The minimum Gasteiger partial charge on any atom is -0.383 e. The average molecular weight is 449 g/mol. The molecule has 0 unspecified atom stereocenters. The van der Waals surface area contributed by atoms with Crippen LogP contribution in [0.5, 0.6) is 0 Å². The molecule has 0 saturated carbocycles. The van der Waals surface area contributed by atoms with Crippen molar-refractivity contribution in [2.45, 2.75) is 24.7 Å². The van der Waals surface area contributed by atoms with Gasteiger partial charge in [-0.05, 0) is 48.9 Å². The molecular formula is C21H22ClFN4O2S. The maximum atomic E-state index is 13.1. The number of amides is 1. The maximum absolute atomic E-state index is 13.1. The van der Waals surface area contributed by atoms with Gasteiger partial charge in [-0.1, -0.05) is 35.5 Å². The van der Waals surface area contributed by atoms with Crippen LogP contribution in [0.2, 0.25) is 5.02 Å². The van der Waals surface area contributed by atoms with Crippen LogP contribution < -0.4 is 5.32 Å². The van der Waals surface area contributed by atoms with Crippen LogP contribution in [-0.4, -0.2) is 40.1 Å². The highest BCUT2D eigenvalue weighted by Gasteiger charge is 2.17. The van der Waals surface area contributed by atoms with Crippen LogP contribution in [0.3, 0.4) is 0 Å². The first kappa shape index (κ1) is 22.3. The number of thioether (sulfide) groups is 1. The highest BCUT2D eigenvalue weighted by Crippen LogP contribution is 2.25. The normalized spacial score (nSPS) is 12.0. The molecule has 9 heteroatoms. The third kappa shape index (κ3) is 5.81. The summed E-state index contributed by atoms with van der Waals surface area (Å²) in [7, 11) is 1.63. The van der Waals surface area contributed by atoms with Crippen molar-refractivity contribution in [3.8, 4) is 11.4 Å². The number of nitrogens with one attached hydrogen (secondary N) is 1. The van der Waals surface area contributed by atoms with E-state index in [0.717, 1.165) is 11.1 Å². The van der Waals surface area contributed by atoms with Gasteiger partial charge in [-0.3, -0.25) is 9.36 Å². The molecule has 3 rings (SSSR count). The van der Waals surface area contributed by atoms with E-state index in [1.165, 1.54) is 23.9 Å². The fourth-order valence-electron chi connectivity index (χ4n) is 2.84. The molecule has 0 radical (unpaired) electrons. The second-order valence-electron chi connectivity index (χ2n) is 6.59. The summed E-state index contributed by atoms with van der Waals surface area (Å²) in [4.78, 5) is 12.4. The van der Waals surface area contributed by atoms with Gasteiger partial charge in [-0.15, -0.1) is 10.2 Å². The lowest BCUT2D eigenvalue weighted by Crippen LogP contribution is -2.28. The number of nitrogens with zero attached hydrogens (tertiary/aromatic N) is 3.